The van der Waals surface area contributed by atoms with Crippen LogP contribution in [-0.2, 0) is 19.1 Å². The molecule has 2 aromatic rings. The number of hydrogen-bond acceptors (Lipinski definition) is 4. The number of imide groups is 1. The van der Waals surface area contributed by atoms with Crippen LogP contribution >= 0.6 is 23.2 Å². The van der Waals surface area contributed by atoms with Crippen LogP contribution in [0.3, 0.4) is 0 Å². The Morgan fingerprint density at radius 3 is 1.60 bits per heavy atom. The SMILES string of the molecule is O=C(CN1C(=O)C2C3c4ccccc4C(c4ccccc43)C2C1=O)OC(CCl)CCl. The largest absolute Gasteiger partial charge is 0.458 e. The van der Waals surface area contributed by atoms with Crippen LogP contribution in [-0.4, -0.2) is 47.1 Å². The molecule has 0 saturated carbocycles. The van der Waals surface area contributed by atoms with E-state index in [-0.39, 0.29) is 35.4 Å². The summed E-state index contributed by atoms with van der Waals surface area (Å²) in [6.07, 6.45) is -0.652. The highest BCUT2D eigenvalue weighted by Crippen LogP contribution is 2.60. The third-order valence-electron chi connectivity index (χ3n) is 6.47. The van der Waals surface area contributed by atoms with Gasteiger partial charge >= 0.3 is 5.97 Å². The first-order chi connectivity index (χ1) is 14.6. The standard InChI is InChI=1S/C23H19Cl2NO4/c24-9-12(10-25)30-17(27)11-26-22(28)20-18-13-5-1-2-6-14(13)19(21(20)23(26)29)16-8-4-3-7-15(16)18/h1-8,12,18-21H,9-11H2. The lowest BCUT2D eigenvalue weighted by Crippen LogP contribution is -2.41. The molecule has 3 aliphatic carbocycles. The van der Waals surface area contributed by atoms with Crippen molar-refractivity contribution in [3.63, 3.8) is 0 Å². The summed E-state index contributed by atoms with van der Waals surface area (Å²) in [6, 6.07) is 16.0. The minimum atomic E-state index is -0.677. The van der Waals surface area contributed by atoms with E-state index in [1.807, 2.05) is 48.5 Å². The molecule has 2 bridgehead atoms. The highest BCUT2D eigenvalue weighted by atomic mass is 35.5. The van der Waals surface area contributed by atoms with Gasteiger partial charge in [-0.2, -0.15) is 0 Å². The maximum atomic E-state index is 13.4. The van der Waals surface area contributed by atoms with Crippen LogP contribution in [0.1, 0.15) is 34.1 Å². The molecular weight excluding hydrogens is 425 g/mol. The molecule has 1 saturated heterocycles. The molecule has 2 atom stereocenters. The fourth-order valence-corrected chi connectivity index (χ4v) is 5.81. The highest BCUT2D eigenvalue weighted by Gasteiger charge is 2.61. The van der Waals surface area contributed by atoms with E-state index in [9.17, 15) is 14.4 Å². The van der Waals surface area contributed by atoms with Gasteiger partial charge in [-0.1, -0.05) is 48.5 Å². The van der Waals surface area contributed by atoms with Crippen LogP contribution in [0.2, 0.25) is 0 Å². The van der Waals surface area contributed by atoms with Gasteiger partial charge in [0.05, 0.1) is 23.6 Å². The molecule has 5 nitrogen and oxygen atoms in total. The number of rotatable bonds is 5. The smallest absolute Gasteiger partial charge is 0.326 e. The zero-order valence-corrected chi connectivity index (χ0v) is 17.5. The molecule has 0 N–H and O–H groups in total. The molecule has 2 aromatic carbocycles. The normalized spacial score (nSPS) is 25.9. The maximum absolute atomic E-state index is 13.4. The number of amides is 2. The summed E-state index contributed by atoms with van der Waals surface area (Å²) in [7, 11) is 0. The van der Waals surface area contributed by atoms with Crippen molar-refractivity contribution in [1.29, 1.82) is 0 Å². The predicted octanol–water partition coefficient (Wildman–Crippen LogP) is 3.27. The van der Waals surface area contributed by atoms with Gasteiger partial charge < -0.3 is 4.74 Å². The molecule has 4 aliphatic rings. The van der Waals surface area contributed by atoms with E-state index in [1.54, 1.807) is 0 Å². The number of nitrogens with zero attached hydrogens (tertiary/aromatic N) is 1. The molecule has 0 radical (unpaired) electrons. The number of benzene rings is 2. The lowest BCUT2D eigenvalue weighted by atomic mass is 9.55. The molecule has 0 spiro atoms. The van der Waals surface area contributed by atoms with Crippen molar-refractivity contribution in [2.45, 2.75) is 17.9 Å². The van der Waals surface area contributed by atoms with Crippen LogP contribution in [0.15, 0.2) is 48.5 Å². The molecule has 30 heavy (non-hydrogen) atoms. The second-order valence-electron chi connectivity index (χ2n) is 7.95. The topological polar surface area (TPSA) is 63.7 Å². The molecule has 1 heterocycles. The number of ether oxygens (including phenoxy) is 1. The van der Waals surface area contributed by atoms with Crippen molar-refractivity contribution < 1.29 is 19.1 Å². The first-order valence-corrected chi connectivity index (χ1v) is 11.0. The van der Waals surface area contributed by atoms with Gasteiger partial charge in [-0.15, -0.1) is 23.2 Å². The maximum Gasteiger partial charge on any atom is 0.326 e. The molecule has 154 valence electrons. The van der Waals surface area contributed by atoms with Crippen molar-refractivity contribution >= 4 is 41.0 Å². The molecular formula is C23H19Cl2NO4. The van der Waals surface area contributed by atoms with Gasteiger partial charge in [0.25, 0.3) is 0 Å². The lowest BCUT2D eigenvalue weighted by molar-refractivity contribution is -0.155. The molecule has 1 fully saturated rings. The van der Waals surface area contributed by atoms with E-state index in [1.165, 1.54) is 0 Å². The fourth-order valence-electron chi connectivity index (χ4n) is 5.35. The van der Waals surface area contributed by atoms with Gasteiger partial charge in [0.2, 0.25) is 11.8 Å². The van der Waals surface area contributed by atoms with Crippen molar-refractivity contribution in [2.24, 2.45) is 11.8 Å². The van der Waals surface area contributed by atoms with E-state index in [2.05, 4.69) is 0 Å². The zero-order valence-electron chi connectivity index (χ0n) is 16.0. The summed E-state index contributed by atoms with van der Waals surface area (Å²) in [5.41, 5.74) is 4.38. The summed E-state index contributed by atoms with van der Waals surface area (Å²) in [4.78, 5) is 40.1. The average Bonchev–Trinajstić information content (AvgIpc) is 3.03. The van der Waals surface area contributed by atoms with Crippen molar-refractivity contribution in [3.05, 3.63) is 70.8 Å². The quantitative estimate of drug-likeness (QED) is 0.404. The number of hydrogen-bond donors (Lipinski definition) is 0. The Kier molecular flexibility index (Phi) is 4.83. The first kappa shape index (κ1) is 19.6. The highest BCUT2D eigenvalue weighted by molar-refractivity contribution is 6.21. The van der Waals surface area contributed by atoms with E-state index in [4.69, 9.17) is 27.9 Å². The Labute approximate surface area is 183 Å². The Morgan fingerprint density at radius 1 is 0.833 bits per heavy atom. The average molecular weight is 444 g/mol. The summed E-state index contributed by atoms with van der Waals surface area (Å²) >= 11 is 11.5. The first-order valence-electron chi connectivity index (χ1n) is 9.91. The second kappa shape index (κ2) is 7.40. The Morgan fingerprint density at radius 2 is 1.23 bits per heavy atom. The van der Waals surface area contributed by atoms with Gasteiger partial charge in [0.1, 0.15) is 12.6 Å². The predicted molar refractivity (Wildman–Crippen MR) is 112 cm³/mol. The molecule has 2 amide bonds. The van der Waals surface area contributed by atoms with E-state index < -0.39 is 30.5 Å². The van der Waals surface area contributed by atoms with Gasteiger partial charge in [0, 0.05) is 11.8 Å². The Hall–Kier alpha value is -2.37. The summed E-state index contributed by atoms with van der Waals surface area (Å²) < 4.78 is 5.20. The lowest BCUT2D eigenvalue weighted by Gasteiger charge is -2.45. The van der Waals surface area contributed by atoms with Gasteiger partial charge in [-0.25, -0.2) is 0 Å². The van der Waals surface area contributed by atoms with Crippen LogP contribution in [0, 0.1) is 11.8 Å². The van der Waals surface area contributed by atoms with Crippen molar-refractivity contribution in [1.82, 2.24) is 4.90 Å². The number of likely N-dealkylation sites (tertiary alicyclic amines) is 1. The second-order valence-corrected chi connectivity index (χ2v) is 8.57. The third-order valence-corrected chi connectivity index (χ3v) is 7.16. The molecule has 0 aromatic heterocycles. The number of carbonyl (C=O) groups is 3. The summed E-state index contributed by atoms with van der Waals surface area (Å²) in [5, 5.41) is 0. The Balaban J connectivity index is 1.52. The van der Waals surface area contributed by atoms with E-state index in [0.717, 1.165) is 27.2 Å². The van der Waals surface area contributed by atoms with E-state index in [0.29, 0.717) is 0 Å². The molecule has 6 rings (SSSR count). The number of alkyl halides is 2. The third kappa shape index (κ3) is 2.72. The monoisotopic (exact) mass is 443 g/mol. The van der Waals surface area contributed by atoms with Crippen molar-refractivity contribution in [3.8, 4) is 0 Å². The van der Waals surface area contributed by atoms with E-state index >= 15 is 0 Å². The molecule has 7 heteroatoms. The van der Waals surface area contributed by atoms with Gasteiger partial charge in [0.15, 0.2) is 0 Å². The van der Waals surface area contributed by atoms with Crippen LogP contribution in [0.5, 0.6) is 0 Å². The van der Waals surface area contributed by atoms with Crippen LogP contribution in [0.4, 0.5) is 0 Å². The van der Waals surface area contributed by atoms with Crippen molar-refractivity contribution in [2.75, 3.05) is 18.3 Å². The molecule has 2 unspecified atom stereocenters. The molecule has 1 aliphatic heterocycles. The number of carbonyl (C=O) groups excluding carboxylic acids is 3. The minimum Gasteiger partial charge on any atom is -0.458 e. The zero-order chi connectivity index (χ0) is 21.0. The Bertz CT molecular complexity index is 936. The summed E-state index contributed by atoms with van der Waals surface area (Å²) in [6.45, 7) is -0.416. The summed E-state index contributed by atoms with van der Waals surface area (Å²) in [5.74, 6) is -2.58. The minimum absolute atomic E-state index is 0.0527. The van der Waals surface area contributed by atoms with Crippen LogP contribution in [0.25, 0.3) is 0 Å². The van der Waals surface area contributed by atoms with Gasteiger partial charge in [-0.3, -0.25) is 19.3 Å². The van der Waals surface area contributed by atoms with Gasteiger partial charge in [-0.05, 0) is 22.3 Å². The van der Waals surface area contributed by atoms with Crippen LogP contribution < -0.4 is 0 Å². The number of esters is 1. The fraction of sp³-hybridized carbons (Fsp3) is 0.348. The number of halogens is 2.